The Morgan fingerprint density at radius 1 is 1.33 bits per heavy atom. The summed E-state index contributed by atoms with van der Waals surface area (Å²) >= 11 is 0. The second-order valence-electron chi connectivity index (χ2n) is 4.24. The molecule has 1 aromatic rings. The maximum Gasteiger partial charge on any atom is 0.251 e. The van der Waals surface area contributed by atoms with E-state index in [1.165, 1.54) is 0 Å². The number of pyridine rings is 1. The van der Waals surface area contributed by atoms with E-state index in [2.05, 4.69) is 29.6 Å². The Hall–Kier alpha value is -1.62. The van der Waals surface area contributed by atoms with Crippen LogP contribution in [0.1, 0.15) is 49.2 Å². The number of anilines is 1. The third kappa shape index (κ3) is 4.33. The van der Waals surface area contributed by atoms with Gasteiger partial charge in [0.1, 0.15) is 5.82 Å². The maximum absolute atomic E-state index is 11.9. The number of amides is 1. The third-order valence-electron chi connectivity index (χ3n) is 2.61. The van der Waals surface area contributed by atoms with Crippen molar-refractivity contribution in [1.82, 2.24) is 10.3 Å². The van der Waals surface area contributed by atoms with Crippen molar-refractivity contribution < 1.29 is 4.79 Å². The first-order valence-corrected chi connectivity index (χ1v) is 6.47. The highest BCUT2D eigenvalue weighted by atomic mass is 16.1. The fourth-order valence-electron chi connectivity index (χ4n) is 1.66. The number of nitrogens with zero attached hydrogens (tertiary/aromatic N) is 1. The summed E-state index contributed by atoms with van der Waals surface area (Å²) < 4.78 is 0. The lowest BCUT2D eigenvalue weighted by atomic mass is 10.1. The number of hydrogen-bond acceptors (Lipinski definition) is 4. The zero-order valence-corrected chi connectivity index (χ0v) is 11.1. The predicted molar refractivity (Wildman–Crippen MR) is 73.3 cm³/mol. The minimum absolute atomic E-state index is 0.0697. The fourth-order valence-corrected chi connectivity index (χ4v) is 1.66. The average Bonchev–Trinajstić information content (AvgIpc) is 2.39. The van der Waals surface area contributed by atoms with E-state index in [4.69, 9.17) is 5.84 Å². The van der Waals surface area contributed by atoms with Gasteiger partial charge in [-0.25, -0.2) is 10.8 Å². The molecule has 0 bridgehead atoms. The first-order valence-electron chi connectivity index (χ1n) is 6.47. The molecule has 5 heteroatoms. The predicted octanol–water partition coefficient (Wildman–Crippen LogP) is 1.85. The van der Waals surface area contributed by atoms with Crippen LogP contribution < -0.4 is 16.6 Å². The summed E-state index contributed by atoms with van der Waals surface area (Å²) in [6.45, 7) is 4.87. The molecular weight excluding hydrogens is 228 g/mol. The van der Waals surface area contributed by atoms with Gasteiger partial charge in [0, 0.05) is 17.8 Å². The smallest absolute Gasteiger partial charge is 0.251 e. The van der Waals surface area contributed by atoms with E-state index < -0.39 is 0 Å². The van der Waals surface area contributed by atoms with Crippen molar-refractivity contribution in [3.05, 3.63) is 23.4 Å². The molecule has 5 nitrogen and oxygen atoms in total. The lowest BCUT2D eigenvalue weighted by Crippen LogP contribution is -2.25. The van der Waals surface area contributed by atoms with Crippen molar-refractivity contribution in [2.75, 3.05) is 12.0 Å². The van der Waals surface area contributed by atoms with E-state index in [1.54, 1.807) is 6.07 Å². The molecule has 100 valence electrons. The quantitative estimate of drug-likeness (QED) is 0.392. The molecule has 0 aliphatic carbocycles. The Morgan fingerprint density at radius 3 is 2.72 bits per heavy atom. The number of carbonyl (C=O) groups excluding carboxylic acids is 1. The molecule has 0 spiro atoms. The average molecular weight is 250 g/mol. The summed E-state index contributed by atoms with van der Waals surface area (Å²) in [6, 6.07) is 3.49. The van der Waals surface area contributed by atoms with Crippen LogP contribution in [0.25, 0.3) is 0 Å². The van der Waals surface area contributed by atoms with Gasteiger partial charge in [-0.2, -0.15) is 0 Å². The van der Waals surface area contributed by atoms with Crippen molar-refractivity contribution in [3.8, 4) is 0 Å². The van der Waals surface area contributed by atoms with Crippen LogP contribution >= 0.6 is 0 Å². The van der Waals surface area contributed by atoms with Gasteiger partial charge < -0.3 is 10.7 Å². The lowest BCUT2D eigenvalue weighted by molar-refractivity contribution is 0.0953. The molecule has 1 aromatic heterocycles. The Labute approximate surface area is 108 Å². The van der Waals surface area contributed by atoms with Crippen LogP contribution in [-0.4, -0.2) is 17.4 Å². The summed E-state index contributed by atoms with van der Waals surface area (Å²) in [4.78, 5) is 16.2. The fraction of sp³-hybridized carbons (Fsp3) is 0.538. The summed E-state index contributed by atoms with van der Waals surface area (Å²) in [5.41, 5.74) is 3.99. The van der Waals surface area contributed by atoms with Crippen LogP contribution in [0, 0.1) is 0 Å². The standard InChI is InChI=1S/C13H22N4O/c1-3-5-7-15-13(18)10-8-11(6-4-2)16-12(9-10)17-14/h8-9H,3-7,14H2,1-2H3,(H,15,18)(H,16,17). The second kappa shape index (κ2) is 7.66. The zero-order chi connectivity index (χ0) is 13.4. The number of nitrogens with one attached hydrogen (secondary N) is 2. The van der Waals surface area contributed by atoms with Crippen LogP contribution in [0.2, 0.25) is 0 Å². The van der Waals surface area contributed by atoms with Crippen molar-refractivity contribution in [2.24, 2.45) is 5.84 Å². The van der Waals surface area contributed by atoms with Crippen molar-refractivity contribution in [2.45, 2.75) is 39.5 Å². The number of unbranched alkanes of at least 4 members (excludes halogenated alkanes) is 1. The molecule has 0 atom stereocenters. The summed E-state index contributed by atoms with van der Waals surface area (Å²) in [7, 11) is 0. The Morgan fingerprint density at radius 2 is 2.11 bits per heavy atom. The van der Waals surface area contributed by atoms with Crippen LogP contribution in [0.4, 0.5) is 5.82 Å². The molecule has 0 radical (unpaired) electrons. The Balaban J connectivity index is 2.79. The van der Waals surface area contributed by atoms with E-state index in [0.29, 0.717) is 17.9 Å². The van der Waals surface area contributed by atoms with Crippen LogP contribution in [0.15, 0.2) is 12.1 Å². The van der Waals surface area contributed by atoms with Crippen molar-refractivity contribution >= 4 is 11.7 Å². The van der Waals surface area contributed by atoms with E-state index in [-0.39, 0.29) is 5.91 Å². The molecule has 0 aliphatic heterocycles. The number of aryl methyl sites for hydroxylation is 1. The van der Waals surface area contributed by atoms with Gasteiger partial charge in [-0.15, -0.1) is 0 Å². The van der Waals surface area contributed by atoms with Gasteiger partial charge in [0.2, 0.25) is 0 Å². The second-order valence-corrected chi connectivity index (χ2v) is 4.24. The van der Waals surface area contributed by atoms with E-state index in [9.17, 15) is 4.79 Å². The third-order valence-corrected chi connectivity index (χ3v) is 2.61. The van der Waals surface area contributed by atoms with Gasteiger partial charge >= 0.3 is 0 Å². The van der Waals surface area contributed by atoms with Crippen LogP contribution in [0.3, 0.4) is 0 Å². The molecule has 1 rings (SSSR count). The highest BCUT2D eigenvalue weighted by Gasteiger charge is 2.08. The number of nitrogens with two attached hydrogens (primary N) is 1. The number of nitrogen functional groups attached to an aromatic ring is 1. The highest BCUT2D eigenvalue weighted by Crippen LogP contribution is 2.11. The van der Waals surface area contributed by atoms with Gasteiger partial charge in [-0.1, -0.05) is 26.7 Å². The van der Waals surface area contributed by atoms with E-state index >= 15 is 0 Å². The summed E-state index contributed by atoms with van der Waals surface area (Å²) in [6.07, 6.45) is 3.87. The first-order chi connectivity index (χ1) is 8.71. The van der Waals surface area contributed by atoms with Gasteiger partial charge in [-0.05, 0) is 25.0 Å². The monoisotopic (exact) mass is 250 g/mol. The Bertz CT molecular complexity index is 393. The maximum atomic E-state index is 11.9. The lowest BCUT2D eigenvalue weighted by Gasteiger charge is -2.08. The topological polar surface area (TPSA) is 80.0 Å². The molecule has 4 N–H and O–H groups in total. The summed E-state index contributed by atoms with van der Waals surface area (Å²) in [5, 5.41) is 2.89. The number of aromatic nitrogens is 1. The summed E-state index contributed by atoms with van der Waals surface area (Å²) in [5.74, 6) is 5.82. The van der Waals surface area contributed by atoms with Crippen molar-refractivity contribution in [1.29, 1.82) is 0 Å². The molecule has 0 unspecified atom stereocenters. The van der Waals surface area contributed by atoms with E-state index in [1.807, 2.05) is 6.07 Å². The molecule has 0 aromatic carbocycles. The molecule has 0 aliphatic rings. The number of hydrogen-bond donors (Lipinski definition) is 3. The first kappa shape index (κ1) is 14.4. The minimum Gasteiger partial charge on any atom is -0.352 e. The van der Waals surface area contributed by atoms with E-state index in [0.717, 1.165) is 31.4 Å². The largest absolute Gasteiger partial charge is 0.352 e. The minimum atomic E-state index is -0.0697. The molecule has 0 fully saturated rings. The van der Waals surface area contributed by atoms with Gasteiger partial charge in [0.25, 0.3) is 5.91 Å². The SMILES string of the molecule is CCCCNC(=O)c1cc(CCC)nc(NN)c1. The normalized spacial score (nSPS) is 10.2. The van der Waals surface area contributed by atoms with Gasteiger partial charge in [0.15, 0.2) is 0 Å². The molecule has 0 saturated heterocycles. The molecular formula is C13H22N4O. The molecule has 1 amide bonds. The molecule has 18 heavy (non-hydrogen) atoms. The van der Waals surface area contributed by atoms with Crippen LogP contribution in [0.5, 0.6) is 0 Å². The number of rotatable bonds is 7. The molecule has 1 heterocycles. The van der Waals surface area contributed by atoms with Gasteiger partial charge in [0.05, 0.1) is 0 Å². The van der Waals surface area contributed by atoms with Gasteiger partial charge in [-0.3, -0.25) is 4.79 Å². The number of hydrazine groups is 1. The Kier molecular flexibility index (Phi) is 6.14. The zero-order valence-electron chi connectivity index (χ0n) is 11.1. The molecule has 0 saturated carbocycles. The number of carbonyl (C=O) groups is 1. The van der Waals surface area contributed by atoms with Crippen LogP contribution in [-0.2, 0) is 6.42 Å². The highest BCUT2D eigenvalue weighted by molar-refractivity contribution is 5.94. The van der Waals surface area contributed by atoms with Crippen molar-refractivity contribution in [3.63, 3.8) is 0 Å².